The number of benzene rings is 2. The molecule has 1 heterocycles. The lowest BCUT2D eigenvalue weighted by atomic mass is 9.93. The molecule has 0 aliphatic heterocycles. The van der Waals surface area contributed by atoms with Gasteiger partial charge in [0.15, 0.2) is 0 Å². The molecular formula is C24H25NO2. The molecule has 27 heavy (non-hydrogen) atoms. The van der Waals surface area contributed by atoms with Gasteiger partial charge >= 0.3 is 5.97 Å². The third-order valence-corrected chi connectivity index (χ3v) is 4.81. The van der Waals surface area contributed by atoms with Crippen molar-refractivity contribution in [2.45, 2.75) is 39.7 Å². The monoisotopic (exact) mass is 359 g/mol. The van der Waals surface area contributed by atoms with Crippen molar-refractivity contribution < 1.29 is 9.53 Å². The van der Waals surface area contributed by atoms with Crippen molar-refractivity contribution >= 4 is 5.97 Å². The summed E-state index contributed by atoms with van der Waals surface area (Å²) in [5, 5.41) is 0. The van der Waals surface area contributed by atoms with Crippen LogP contribution in [0.4, 0.5) is 0 Å². The van der Waals surface area contributed by atoms with Crippen LogP contribution in [0.1, 0.15) is 41.5 Å². The van der Waals surface area contributed by atoms with Crippen LogP contribution in [0.3, 0.4) is 0 Å². The lowest BCUT2D eigenvalue weighted by Gasteiger charge is -2.14. The lowest BCUT2D eigenvalue weighted by Crippen LogP contribution is -2.09. The fraction of sp³-hybridized carbons (Fsp3) is 0.250. The largest absolute Gasteiger partial charge is 0.461 e. The Morgan fingerprint density at radius 1 is 1.00 bits per heavy atom. The molecule has 3 aromatic rings. The van der Waals surface area contributed by atoms with Gasteiger partial charge in [0.1, 0.15) is 6.61 Å². The van der Waals surface area contributed by atoms with Crippen LogP contribution < -0.4 is 0 Å². The van der Waals surface area contributed by atoms with E-state index in [1.807, 2.05) is 49.6 Å². The molecule has 0 saturated carbocycles. The molecule has 0 aliphatic carbocycles. The SMILES string of the molecule is Cc1cccc(C)c1-c1cncc([C@H](C)CC(=O)OCc2ccccc2)c1. The Labute approximate surface area is 161 Å². The van der Waals surface area contributed by atoms with Crippen LogP contribution in [0.15, 0.2) is 67.0 Å². The van der Waals surface area contributed by atoms with E-state index in [2.05, 4.69) is 43.1 Å². The topological polar surface area (TPSA) is 39.2 Å². The molecule has 0 N–H and O–H groups in total. The Bertz CT molecular complexity index is 898. The Balaban J connectivity index is 1.68. The summed E-state index contributed by atoms with van der Waals surface area (Å²) in [5.41, 5.74) is 6.80. The van der Waals surface area contributed by atoms with E-state index >= 15 is 0 Å². The van der Waals surface area contributed by atoms with Gasteiger partial charge in [0.25, 0.3) is 0 Å². The zero-order chi connectivity index (χ0) is 19.2. The summed E-state index contributed by atoms with van der Waals surface area (Å²) in [4.78, 5) is 16.6. The van der Waals surface area contributed by atoms with Crippen molar-refractivity contribution in [1.82, 2.24) is 4.98 Å². The number of esters is 1. The van der Waals surface area contributed by atoms with Crippen LogP contribution in [-0.2, 0) is 16.1 Å². The summed E-state index contributed by atoms with van der Waals surface area (Å²) < 4.78 is 5.41. The first-order valence-electron chi connectivity index (χ1n) is 9.25. The third-order valence-electron chi connectivity index (χ3n) is 4.81. The molecule has 0 spiro atoms. The normalized spacial score (nSPS) is 11.8. The second kappa shape index (κ2) is 8.63. The van der Waals surface area contributed by atoms with Crippen LogP contribution in [0.25, 0.3) is 11.1 Å². The van der Waals surface area contributed by atoms with Gasteiger partial charge in [-0.25, -0.2) is 0 Å². The average molecular weight is 359 g/mol. The second-order valence-electron chi connectivity index (χ2n) is 7.03. The lowest BCUT2D eigenvalue weighted by molar-refractivity contribution is -0.145. The van der Waals surface area contributed by atoms with Gasteiger partial charge < -0.3 is 4.74 Å². The standard InChI is InChI=1S/C24H25NO2/c1-17-8-7-9-18(2)24(17)22-13-21(14-25-15-22)19(3)12-23(26)27-16-20-10-5-4-6-11-20/h4-11,13-15,19H,12,16H2,1-3H3/t19-/m1/s1. The first-order valence-corrected chi connectivity index (χ1v) is 9.25. The minimum atomic E-state index is -0.191. The molecule has 0 bridgehead atoms. The molecule has 0 fully saturated rings. The number of nitrogens with zero attached hydrogens (tertiary/aromatic N) is 1. The van der Waals surface area contributed by atoms with Gasteiger partial charge in [-0.1, -0.05) is 55.5 Å². The van der Waals surface area contributed by atoms with Crippen LogP contribution in [0.2, 0.25) is 0 Å². The van der Waals surface area contributed by atoms with Crippen LogP contribution in [-0.4, -0.2) is 11.0 Å². The number of pyridine rings is 1. The van der Waals surface area contributed by atoms with Crippen molar-refractivity contribution in [3.8, 4) is 11.1 Å². The van der Waals surface area contributed by atoms with Gasteiger partial charge in [-0.05, 0) is 53.6 Å². The highest BCUT2D eigenvalue weighted by Gasteiger charge is 2.15. The van der Waals surface area contributed by atoms with E-state index in [9.17, 15) is 4.79 Å². The zero-order valence-electron chi connectivity index (χ0n) is 16.1. The number of rotatable bonds is 6. The number of aryl methyl sites for hydroxylation is 2. The van der Waals surface area contributed by atoms with E-state index in [-0.39, 0.29) is 11.9 Å². The Kier molecular flexibility index (Phi) is 6.02. The first kappa shape index (κ1) is 18.8. The summed E-state index contributed by atoms with van der Waals surface area (Å²) in [6.07, 6.45) is 4.07. The predicted octanol–water partition coefficient (Wildman–Crippen LogP) is 5.60. The van der Waals surface area contributed by atoms with Crippen molar-refractivity contribution in [2.75, 3.05) is 0 Å². The Morgan fingerprint density at radius 2 is 1.70 bits per heavy atom. The quantitative estimate of drug-likeness (QED) is 0.538. The van der Waals surface area contributed by atoms with Crippen molar-refractivity contribution in [3.63, 3.8) is 0 Å². The highest BCUT2D eigenvalue weighted by molar-refractivity contribution is 5.72. The van der Waals surface area contributed by atoms with E-state index in [4.69, 9.17) is 4.74 Å². The number of carbonyl (C=O) groups excluding carboxylic acids is 1. The molecule has 3 nitrogen and oxygen atoms in total. The molecular weight excluding hydrogens is 334 g/mol. The molecule has 0 saturated heterocycles. The summed E-state index contributed by atoms with van der Waals surface area (Å²) in [6, 6.07) is 18.2. The molecule has 0 amide bonds. The van der Waals surface area contributed by atoms with Gasteiger partial charge in [0.2, 0.25) is 0 Å². The molecule has 2 aromatic carbocycles. The maximum Gasteiger partial charge on any atom is 0.306 e. The van der Waals surface area contributed by atoms with E-state index in [0.717, 1.165) is 16.7 Å². The van der Waals surface area contributed by atoms with Gasteiger partial charge in [0, 0.05) is 18.0 Å². The van der Waals surface area contributed by atoms with Gasteiger partial charge in [-0.15, -0.1) is 0 Å². The van der Waals surface area contributed by atoms with Crippen LogP contribution >= 0.6 is 0 Å². The average Bonchev–Trinajstić information content (AvgIpc) is 2.67. The molecule has 138 valence electrons. The van der Waals surface area contributed by atoms with E-state index in [1.165, 1.54) is 16.7 Å². The van der Waals surface area contributed by atoms with Gasteiger partial charge in [-0.2, -0.15) is 0 Å². The molecule has 3 heteroatoms. The van der Waals surface area contributed by atoms with E-state index in [1.54, 1.807) is 0 Å². The van der Waals surface area contributed by atoms with Crippen molar-refractivity contribution in [1.29, 1.82) is 0 Å². The molecule has 1 atom stereocenters. The summed E-state index contributed by atoms with van der Waals surface area (Å²) in [5.74, 6) is -0.145. The maximum atomic E-state index is 12.2. The molecule has 3 rings (SSSR count). The zero-order valence-corrected chi connectivity index (χ0v) is 16.1. The number of ether oxygens (including phenoxy) is 1. The highest BCUT2D eigenvalue weighted by Crippen LogP contribution is 2.29. The number of hydrogen-bond donors (Lipinski definition) is 0. The molecule has 0 radical (unpaired) electrons. The third kappa shape index (κ3) is 4.82. The summed E-state index contributed by atoms with van der Waals surface area (Å²) in [6.45, 7) is 6.57. The number of carbonyl (C=O) groups is 1. The second-order valence-corrected chi connectivity index (χ2v) is 7.03. The van der Waals surface area contributed by atoms with Crippen molar-refractivity contribution in [3.05, 3.63) is 89.2 Å². The van der Waals surface area contributed by atoms with E-state index in [0.29, 0.717) is 13.0 Å². The molecule has 1 aromatic heterocycles. The highest BCUT2D eigenvalue weighted by atomic mass is 16.5. The number of hydrogen-bond acceptors (Lipinski definition) is 3. The fourth-order valence-electron chi connectivity index (χ4n) is 3.30. The van der Waals surface area contributed by atoms with Gasteiger partial charge in [-0.3, -0.25) is 9.78 Å². The maximum absolute atomic E-state index is 12.2. The molecule has 0 unspecified atom stereocenters. The summed E-state index contributed by atoms with van der Waals surface area (Å²) in [7, 11) is 0. The first-order chi connectivity index (χ1) is 13.0. The van der Waals surface area contributed by atoms with Gasteiger partial charge in [0.05, 0.1) is 6.42 Å². The van der Waals surface area contributed by atoms with E-state index < -0.39 is 0 Å². The fourth-order valence-corrected chi connectivity index (χ4v) is 3.30. The smallest absolute Gasteiger partial charge is 0.306 e. The minimum absolute atomic E-state index is 0.0463. The van der Waals surface area contributed by atoms with Crippen LogP contribution in [0.5, 0.6) is 0 Å². The minimum Gasteiger partial charge on any atom is -0.461 e. The Morgan fingerprint density at radius 3 is 2.41 bits per heavy atom. The van der Waals surface area contributed by atoms with Crippen LogP contribution in [0, 0.1) is 13.8 Å². The predicted molar refractivity (Wildman–Crippen MR) is 108 cm³/mol. The molecule has 0 aliphatic rings. The number of aromatic nitrogens is 1. The van der Waals surface area contributed by atoms with Crippen molar-refractivity contribution in [2.24, 2.45) is 0 Å². The Hall–Kier alpha value is -2.94. The summed E-state index contributed by atoms with van der Waals surface area (Å²) >= 11 is 0.